The molecule has 1 unspecified atom stereocenters. The van der Waals surface area contributed by atoms with Gasteiger partial charge in [0, 0.05) is 5.69 Å². The molecule has 0 saturated carbocycles. The van der Waals surface area contributed by atoms with Crippen LogP contribution in [0.15, 0.2) is 6.20 Å². The first-order valence-corrected chi connectivity index (χ1v) is 7.29. The minimum atomic E-state index is -2.85. The molecule has 1 aliphatic heterocycles. The number of nitrogens with two attached hydrogens (primary N) is 1. The average Bonchev–Trinajstić information content (AvgIpc) is 2.72. The lowest BCUT2D eigenvalue weighted by molar-refractivity contribution is 0.487. The van der Waals surface area contributed by atoms with Gasteiger partial charge in [0.1, 0.15) is 0 Å². The van der Waals surface area contributed by atoms with Crippen molar-refractivity contribution in [3.8, 4) is 0 Å². The van der Waals surface area contributed by atoms with Gasteiger partial charge in [-0.05, 0) is 31.9 Å². The van der Waals surface area contributed by atoms with Crippen molar-refractivity contribution in [3.05, 3.63) is 17.5 Å². The Bertz CT molecular complexity index is 478. The molecule has 0 aromatic carbocycles. The Kier molecular flexibility index (Phi) is 3.03. The third kappa shape index (κ3) is 2.12. The number of sulfone groups is 1. The second kappa shape index (κ2) is 4.18. The quantitative estimate of drug-likeness (QED) is 0.814. The van der Waals surface area contributed by atoms with E-state index in [4.69, 9.17) is 5.73 Å². The summed E-state index contributed by atoms with van der Waals surface area (Å²) < 4.78 is 24.6. The summed E-state index contributed by atoms with van der Waals surface area (Å²) in [4.78, 5) is 0. The van der Waals surface area contributed by atoms with Crippen LogP contribution in [-0.2, 0) is 16.3 Å². The monoisotopic (exact) mass is 243 g/mol. The molecule has 2 heterocycles. The molecule has 90 valence electrons. The van der Waals surface area contributed by atoms with Gasteiger partial charge in [-0.25, -0.2) is 8.42 Å². The molecule has 2 N–H and O–H groups in total. The van der Waals surface area contributed by atoms with E-state index >= 15 is 0 Å². The lowest BCUT2D eigenvalue weighted by atomic mass is 10.2. The van der Waals surface area contributed by atoms with Gasteiger partial charge in [-0.3, -0.25) is 4.68 Å². The third-order valence-corrected chi connectivity index (χ3v) is 4.86. The van der Waals surface area contributed by atoms with E-state index < -0.39 is 9.84 Å². The van der Waals surface area contributed by atoms with Crippen molar-refractivity contribution in [1.82, 2.24) is 9.78 Å². The highest BCUT2D eigenvalue weighted by Gasteiger charge is 2.30. The second-order valence-corrected chi connectivity index (χ2v) is 6.52. The number of nitrogens with zero attached hydrogens (tertiary/aromatic N) is 2. The highest BCUT2D eigenvalue weighted by molar-refractivity contribution is 7.91. The first-order chi connectivity index (χ1) is 7.53. The Morgan fingerprint density at radius 1 is 1.62 bits per heavy atom. The molecule has 0 spiro atoms. The number of aromatic nitrogens is 2. The van der Waals surface area contributed by atoms with E-state index in [0.29, 0.717) is 13.0 Å². The molecule has 1 fully saturated rings. The minimum absolute atomic E-state index is 0.0107. The van der Waals surface area contributed by atoms with Gasteiger partial charge in [0.05, 0.1) is 23.7 Å². The van der Waals surface area contributed by atoms with Crippen LogP contribution in [0, 0.1) is 6.92 Å². The topological polar surface area (TPSA) is 78.0 Å². The van der Waals surface area contributed by atoms with Crippen molar-refractivity contribution < 1.29 is 8.42 Å². The summed E-state index contributed by atoms with van der Waals surface area (Å²) >= 11 is 0. The lowest BCUT2D eigenvalue weighted by Crippen LogP contribution is -2.14. The lowest BCUT2D eigenvalue weighted by Gasteiger charge is -2.11. The van der Waals surface area contributed by atoms with Crippen LogP contribution < -0.4 is 5.73 Å². The predicted molar refractivity (Wildman–Crippen MR) is 62.0 cm³/mol. The van der Waals surface area contributed by atoms with Crippen molar-refractivity contribution >= 4 is 9.84 Å². The van der Waals surface area contributed by atoms with Crippen molar-refractivity contribution in [3.63, 3.8) is 0 Å². The summed E-state index contributed by atoms with van der Waals surface area (Å²) in [5, 5.41) is 4.28. The van der Waals surface area contributed by atoms with Crippen LogP contribution in [0.4, 0.5) is 0 Å². The van der Waals surface area contributed by atoms with Gasteiger partial charge in [0.2, 0.25) is 0 Å². The highest BCUT2D eigenvalue weighted by atomic mass is 32.2. The molecule has 2 rings (SSSR count). The molecule has 0 amide bonds. The summed E-state index contributed by atoms with van der Waals surface area (Å²) in [6, 6.07) is 0.0107. The van der Waals surface area contributed by atoms with Crippen molar-refractivity contribution in [1.29, 1.82) is 0 Å². The Morgan fingerprint density at radius 3 is 2.94 bits per heavy atom. The zero-order valence-electron chi connectivity index (χ0n) is 9.39. The van der Waals surface area contributed by atoms with E-state index in [0.717, 1.165) is 17.7 Å². The van der Waals surface area contributed by atoms with E-state index in [2.05, 4.69) is 5.10 Å². The molecule has 1 atom stereocenters. The predicted octanol–water partition coefficient (Wildman–Crippen LogP) is 0.0523. The molecule has 16 heavy (non-hydrogen) atoms. The van der Waals surface area contributed by atoms with Crippen LogP contribution in [0.5, 0.6) is 0 Å². The van der Waals surface area contributed by atoms with Gasteiger partial charge in [-0.15, -0.1) is 0 Å². The molecule has 1 aromatic rings. The van der Waals surface area contributed by atoms with E-state index in [9.17, 15) is 8.42 Å². The molecule has 1 saturated heterocycles. The van der Waals surface area contributed by atoms with Crippen LogP contribution in [-0.4, -0.2) is 36.2 Å². The summed E-state index contributed by atoms with van der Waals surface area (Å²) in [5.74, 6) is 0.501. The molecule has 1 aromatic heterocycles. The van der Waals surface area contributed by atoms with Gasteiger partial charge >= 0.3 is 0 Å². The first kappa shape index (κ1) is 11.6. The Labute approximate surface area is 95.6 Å². The molecule has 0 bridgehead atoms. The van der Waals surface area contributed by atoms with Crippen LogP contribution >= 0.6 is 0 Å². The number of hydrogen-bond donors (Lipinski definition) is 1. The maximum atomic E-state index is 11.4. The van der Waals surface area contributed by atoms with Gasteiger partial charge in [-0.1, -0.05) is 0 Å². The Hall–Kier alpha value is -0.880. The molecule has 0 aliphatic carbocycles. The van der Waals surface area contributed by atoms with Crippen molar-refractivity contribution in [2.24, 2.45) is 5.73 Å². The van der Waals surface area contributed by atoms with Crippen LogP contribution in [0.3, 0.4) is 0 Å². The van der Waals surface area contributed by atoms with Gasteiger partial charge in [0.25, 0.3) is 0 Å². The largest absolute Gasteiger partial charge is 0.330 e. The minimum Gasteiger partial charge on any atom is -0.330 e. The van der Waals surface area contributed by atoms with Crippen molar-refractivity contribution in [2.45, 2.75) is 25.8 Å². The summed E-state index contributed by atoms with van der Waals surface area (Å²) in [6.45, 7) is 2.57. The fraction of sp³-hybridized carbons (Fsp3) is 0.700. The molecule has 0 radical (unpaired) electrons. The fourth-order valence-corrected chi connectivity index (χ4v) is 3.89. The SMILES string of the molecule is Cc1c(CCN)cnn1C1CCS(=O)(=O)C1. The van der Waals surface area contributed by atoms with E-state index in [1.54, 1.807) is 6.20 Å². The van der Waals surface area contributed by atoms with Gasteiger partial charge < -0.3 is 5.73 Å². The first-order valence-electron chi connectivity index (χ1n) is 5.47. The maximum absolute atomic E-state index is 11.4. The molecule has 6 heteroatoms. The van der Waals surface area contributed by atoms with E-state index in [1.807, 2.05) is 11.6 Å². The molecular formula is C10H17N3O2S. The van der Waals surface area contributed by atoms with Crippen LogP contribution in [0.25, 0.3) is 0 Å². The smallest absolute Gasteiger partial charge is 0.152 e. The normalized spacial score (nSPS) is 23.8. The Morgan fingerprint density at radius 2 is 2.38 bits per heavy atom. The number of rotatable bonds is 3. The highest BCUT2D eigenvalue weighted by Crippen LogP contribution is 2.25. The zero-order valence-corrected chi connectivity index (χ0v) is 10.2. The van der Waals surface area contributed by atoms with Crippen molar-refractivity contribution in [2.75, 3.05) is 18.1 Å². The number of hydrogen-bond acceptors (Lipinski definition) is 4. The molecule has 5 nitrogen and oxygen atoms in total. The third-order valence-electron chi connectivity index (χ3n) is 3.11. The van der Waals surface area contributed by atoms with E-state index in [1.165, 1.54) is 0 Å². The van der Waals surface area contributed by atoms with Crippen LogP contribution in [0.2, 0.25) is 0 Å². The van der Waals surface area contributed by atoms with E-state index in [-0.39, 0.29) is 17.5 Å². The summed E-state index contributed by atoms with van der Waals surface area (Å²) in [6.07, 6.45) is 3.27. The van der Waals surface area contributed by atoms with Gasteiger partial charge in [-0.2, -0.15) is 5.10 Å². The maximum Gasteiger partial charge on any atom is 0.152 e. The Balaban J connectivity index is 2.22. The summed E-state index contributed by atoms with van der Waals surface area (Å²) in [7, 11) is -2.85. The zero-order chi connectivity index (χ0) is 11.8. The molecular weight excluding hydrogens is 226 g/mol. The van der Waals surface area contributed by atoms with Crippen LogP contribution in [0.1, 0.15) is 23.7 Å². The second-order valence-electron chi connectivity index (χ2n) is 4.30. The van der Waals surface area contributed by atoms with Gasteiger partial charge in [0.15, 0.2) is 9.84 Å². The fourth-order valence-electron chi connectivity index (χ4n) is 2.20. The summed E-state index contributed by atoms with van der Waals surface area (Å²) in [5.41, 5.74) is 7.67. The standard InChI is InChI=1S/C10H17N3O2S/c1-8-9(2-4-11)6-12-13(8)10-3-5-16(14,15)7-10/h6,10H,2-5,7,11H2,1H3. The molecule has 1 aliphatic rings. The average molecular weight is 243 g/mol.